The molecule has 2 aromatic rings. The molecule has 0 aliphatic rings. The van der Waals surface area contributed by atoms with Gasteiger partial charge in [0.25, 0.3) is 0 Å². The number of nitrogens with two attached hydrogens (primary N) is 1. The van der Waals surface area contributed by atoms with Crippen LogP contribution in [0.4, 0.5) is 0 Å². The van der Waals surface area contributed by atoms with Gasteiger partial charge in [0.15, 0.2) is 0 Å². The van der Waals surface area contributed by atoms with Gasteiger partial charge >= 0.3 is 0 Å². The lowest BCUT2D eigenvalue weighted by atomic mass is 9.95. The van der Waals surface area contributed by atoms with E-state index in [1.165, 1.54) is 0 Å². The van der Waals surface area contributed by atoms with Crippen molar-refractivity contribution in [2.24, 2.45) is 11.7 Å². The minimum absolute atomic E-state index is 0.197. The third-order valence-electron chi connectivity index (χ3n) is 3.21. The Labute approximate surface area is 122 Å². The second-order valence-corrected chi connectivity index (χ2v) is 5.72. The molecule has 0 fully saturated rings. The summed E-state index contributed by atoms with van der Waals surface area (Å²) < 4.78 is 1.04. The quantitative estimate of drug-likeness (QED) is 0.936. The van der Waals surface area contributed by atoms with Gasteiger partial charge in [-0.05, 0) is 18.1 Å². The van der Waals surface area contributed by atoms with Gasteiger partial charge in [0.2, 0.25) is 0 Å². The average Bonchev–Trinajstić information content (AvgIpc) is 2.40. The molecular weight excluding hydrogens is 302 g/mol. The standard InChI is InChI=1S/C15H18BrN3/c1-10(2)12(9-17)15-18-8-7-14(19-15)11-5-3-4-6-13(11)16/h3-8,10,12H,9,17H2,1-2H3. The molecule has 1 aromatic carbocycles. The first-order valence-corrected chi connectivity index (χ1v) is 7.20. The third-order valence-corrected chi connectivity index (χ3v) is 3.91. The van der Waals surface area contributed by atoms with E-state index in [2.05, 4.69) is 39.7 Å². The molecule has 2 N–H and O–H groups in total. The summed E-state index contributed by atoms with van der Waals surface area (Å²) in [4.78, 5) is 9.06. The molecule has 100 valence electrons. The fourth-order valence-electron chi connectivity index (χ4n) is 2.05. The smallest absolute Gasteiger partial charge is 0.133 e. The van der Waals surface area contributed by atoms with Crippen molar-refractivity contribution in [1.29, 1.82) is 0 Å². The molecule has 1 unspecified atom stereocenters. The van der Waals surface area contributed by atoms with Crippen LogP contribution in [-0.4, -0.2) is 16.5 Å². The molecule has 1 aromatic heterocycles. The number of aromatic nitrogens is 2. The van der Waals surface area contributed by atoms with E-state index in [0.29, 0.717) is 12.5 Å². The van der Waals surface area contributed by atoms with Crippen molar-refractivity contribution >= 4 is 15.9 Å². The van der Waals surface area contributed by atoms with Gasteiger partial charge < -0.3 is 5.73 Å². The summed E-state index contributed by atoms with van der Waals surface area (Å²) in [5, 5.41) is 0. The van der Waals surface area contributed by atoms with Crippen molar-refractivity contribution in [3.63, 3.8) is 0 Å². The summed E-state index contributed by atoms with van der Waals surface area (Å²) in [5.74, 6) is 1.45. The Morgan fingerprint density at radius 1 is 1.21 bits per heavy atom. The minimum Gasteiger partial charge on any atom is -0.330 e. The van der Waals surface area contributed by atoms with Crippen LogP contribution in [0.5, 0.6) is 0 Å². The van der Waals surface area contributed by atoms with Crippen molar-refractivity contribution in [2.45, 2.75) is 19.8 Å². The Balaban J connectivity index is 2.42. The van der Waals surface area contributed by atoms with Crippen molar-refractivity contribution < 1.29 is 0 Å². The van der Waals surface area contributed by atoms with Crippen molar-refractivity contribution in [1.82, 2.24) is 9.97 Å². The molecule has 1 heterocycles. The zero-order valence-corrected chi connectivity index (χ0v) is 12.8. The number of rotatable bonds is 4. The monoisotopic (exact) mass is 319 g/mol. The maximum absolute atomic E-state index is 5.84. The van der Waals surface area contributed by atoms with Crippen LogP contribution < -0.4 is 5.73 Å². The molecule has 0 radical (unpaired) electrons. The van der Waals surface area contributed by atoms with Gasteiger partial charge in [-0.1, -0.05) is 48.0 Å². The topological polar surface area (TPSA) is 51.8 Å². The van der Waals surface area contributed by atoms with Gasteiger partial charge in [-0.15, -0.1) is 0 Å². The maximum atomic E-state index is 5.84. The molecule has 4 heteroatoms. The summed E-state index contributed by atoms with van der Waals surface area (Å²) in [7, 11) is 0. The molecule has 0 saturated heterocycles. The van der Waals surface area contributed by atoms with Crippen LogP contribution in [0.15, 0.2) is 41.0 Å². The number of hydrogen-bond donors (Lipinski definition) is 1. The van der Waals surface area contributed by atoms with Crippen LogP contribution in [0.1, 0.15) is 25.6 Å². The fraction of sp³-hybridized carbons (Fsp3) is 0.333. The third kappa shape index (κ3) is 3.19. The van der Waals surface area contributed by atoms with E-state index < -0.39 is 0 Å². The van der Waals surface area contributed by atoms with E-state index in [1.807, 2.05) is 36.5 Å². The second kappa shape index (κ2) is 6.26. The normalized spacial score (nSPS) is 12.7. The summed E-state index contributed by atoms with van der Waals surface area (Å²) in [6.07, 6.45) is 1.81. The molecule has 0 bridgehead atoms. The second-order valence-electron chi connectivity index (χ2n) is 4.87. The molecule has 0 aliphatic heterocycles. The molecule has 0 amide bonds. The molecule has 1 atom stereocenters. The van der Waals surface area contributed by atoms with Crippen LogP contribution in [0, 0.1) is 5.92 Å². The highest BCUT2D eigenvalue weighted by atomic mass is 79.9. The van der Waals surface area contributed by atoms with Crippen molar-refractivity contribution in [3.05, 3.63) is 46.8 Å². The molecule has 19 heavy (non-hydrogen) atoms. The fourth-order valence-corrected chi connectivity index (χ4v) is 2.53. The first kappa shape index (κ1) is 14.2. The lowest BCUT2D eigenvalue weighted by Gasteiger charge is -2.17. The predicted octanol–water partition coefficient (Wildman–Crippen LogP) is 3.60. The van der Waals surface area contributed by atoms with Crippen molar-refractivity contribution in [2.75, 3.05) is 6.54 Å². The molecule has 2 rings (SSSR count). The van der Waals surface area contributed by atoms with Gasteiger partial charge in [0.1, 0.15) is 5.82 Å². The maximum Gasteiger partial charge on any atom is 0.133 e. The van der Waals surface area contributed by atoms with Crippen LogP contribution in [0.25, 0.3) is 11.3 Å². The lowest BCUT2D eigenvalue weighted by molar-refractivity contribution is 0.483. The summed E-state index contributed by atoms with van der Waals surface area (Å²) in [6.45, 7) is 4.86. The van der Waals surface area contributed by atoms with Gasteiger partial charge in [-0.3, -0.25) is 0 Å². The molecule has 3 nitrogen and oxygen atoms in total. The number of nitrogens with zero attached hydrogens (tertiary/aromatic N) is 2. The molecule has 0 saturated carbocycles. The molecule has 0 aliphatic carbocycles. The highest BCUT2D eigenvalue weighted by Crippen LogP contribution is 2.28. The van der Waals surface area contributed by atoms with Crippen molar-refractivity contribution in [3.8, 4) is 11.3 Å². The predicted molar refractivity (Wildman–Crippen MR) is 81.8 cm³/mol. The highest BCUT2D eigenvalue weighted by Gasteiger charge is 2.17. The first-order chi connectivity index (χ1) is 9.13. The van der Waals surface area contributed by atoms with E-state index in [9.17, 15) is 0 Å². The van der Waals surface area contributed by atoms with Gasteiger partial charge in [0, 0.05) is 28.7 Å². The zero-order chi connectivity index (χ0) is 13.8. The van der Waals surface area contributed by atoms with E-state index in [1.54, 1.807) is 0 Å². The zero-order valence-electron chi connectivity index (χ0n) is 11.2. The molecular formula is C15H18BrN3. The lowest BCUT2D eigenvalue weighted by Crippen LogP contribution is -2.20. The Kier molecular flexibility index (Phi) is 4.66. The Morgan fingerprint density at radius 3 is 2.58 bits per heavy atom. The van der Waals surface area contributed by atoms with E-state index in [-0.39, 0.29) is 5.92 Å². The number of halogens is 1. The Hall–Kier alpha value is -1.26. The van der Waals surface area contributed by atoms with E-state index >= 15 is 0 Å². The molecule has 0 spiro atoms. The number of hydrogen-bond acceptors (Lipinski definition) is 3. The first-order valence-electron chi connectivity index (χ1n) is 6.41. The summed E-state index contributed by atoms with van der Waals surface area (Å²) >= 11 is 3.56. The SMILES string of the molecule is CC(C)C(CN)c1nccc(-c2ccccc2Br)n1. The summed E-state index contributed by atoms with van der Waals surface area (Å²) in [5.41, 5.74) is 7.84. The highest BCUT2D eigenvalue weighted by molar-refractivity contribution is 9.10. The number of benzene rings is 1. The minimum atomic E-state index is 0.197. The van der Waals surface area contributed by atoms with Crippen LogP contribution >= 0.6 is 15.9 Å². The average molecular weight is 320 g/mol. The van der Waals surface area contributed by atoms with Crippen LogP contribution in [0.3, 0.4) is 0 Å². The Bertz CT molecular complexity index is 555. The Morgan fingerprint density at radius 2 is 1.95 bits per heavy atom. The van der Waals surface area contributed by atoms with Gasteiger partial charge in [-0.2, -0.15) is 0 Å². The van der Waals surface area contributed by atoms with E-state index in [4.69, 9.17) is 5.73 Å². The van der Waals surface area contributed by atoms with Crippen LogP contribution in [0.2, 0.25) is 0 Å². The summed E-state index contributed by atoms with van der Waals surface area (Å²) in [6, 6.07) is 9.98. The van der Waals surface area contributed by atoms with Gasteiger partial charge in [-0.25, -0.2) is 9.97 Å². The van der Waals surface area contributed by atoms with Gasteiger partial charge in [0.05, 0.1) is 5.69 Å². The largest absolute Gasteiger partial charge is 0.330 e. The van der Waals surface area contributed by atoms with Crippen LogP contribution in [-0.2, 0) is 0 Å². The van der Waals surface area contributed by atoms with E-state index in [0.717, 1.165) is 21.6 Å².